The first-order valence-electron chi connectivity index (χ1n) is 11.0. The molecule has 0 radical (unpaired) electrons. The standard InChI is InChI=1S/C26H26N4O5/c27-24(28)21-8-7-20(15-22(31)26(33)34)23(16-21)35-14-13-30-25(32)19-5-3-17(4-6-19)1-2-18-9-11-29-12-10-18/h3-12,16H,1-2,13-15H2,(H3,27,28)(H,30,32)(H,33,34). The lowest BCUT2D eigenvalue weighted by molar-refractivity contribution is -0.148. The molecule has 0 saturated carbocycles. The van der Waals surface area contributed by atoms with E-state index < -0.39 is 11.8 Å². The molecule has 1 heterocycles. The van der Waals surface area contributed by atoms with Crippen molar-refractivity contribution in [3.05, 3.63) is 94.8 Å². The third-order valence-corrected chi connectivity index (χ3v) is 5.28. The first-order chi connectivity index (χ1) is 16.8. The second-order valence-electron chi connectivity index (χ2n) is 7.80. The predicted molar refractivity (Wildman–Crippen MR) is 130 cm³/mol. The van der Waals surface area contributed by atoms with Gasteiger partial charge in [-0.2, -0.15) is 0 Å². The molecular weight excluding hydrogens is 448 g/mol. The van der Waals surface area contributed by atoms with Gasteiger partial charge in [0.2, 0.25) is 5.78 Å². The Morgan fingerprint density at radius 3 is 2.20 bits per heavy atom. The molecule has 9 nitrogen and oxygen atoms in total. The maximum absolute atomic E-state index is 12.4. The Morgan fingerprint density at radius 2 is 1.57 bits per heavy atom. The number of nitrogens with two attached hydrogens (primary N) is 1. The normalized spacial score (nSPS) is 10.4. The number of aromatic nitrogens is 1. The number of aliphatic carboxylic acids is 1. The minimum atomic E-state index is -1.54. The summed E-state index contributed by atoms with van der Waals surface area (Å²) in [7, 11) is 0. The molecule has 0 aliphatic heterocycles. The molecule has 0 atom stereocenters. The number of rotatable bonds is 12. The van der Waals surface area contributed by atoms with Crippen molar-refractivity contribution in [1.82, 2.24) is 10.3 Å². The maximum Gasteiger partial charge on any atom is 0.372 e. The van der Waals surface area contributed by atoms with Crippen LogP contribution in [-0.2, 0) is 28.9 Å². The van der Waals surface area contributed by atoms with Crippen LogP contribution in [0.15, 0.2) is 67.0 Å². The quantitative estimate of drug-likeness (QED) is 0.136. The van der Waals surface area contributed by atoms with Gasteiger partial charge < -0.3 is 20.9 Å². The molecule has 180 valence electrons. The predicted octanol–water partition coefficient (Wildman–Crippen LogP) is 2.16. The second kappa shape index (κ2) is 12.1. The minimum Gasteiger partial charge on any atom is -0.491 e. The first kappa shape index (κ1) is 25.1. The van der Waals surface area contributed by atoms with Gasteiger partial charge in [-0.3, -0.25) is 20.0 Å². The Balaban J connectivity index is 1.52. The fourth-order valence-electron chi connectivity index (χ4n) is 3.34. The van der Waals surface area contributed by atoms with E-state index in [0.717, 1.165) is 18.4 Å². The van der Waals surface area contributed by atoms with Crippen LogP contribution in [-0.4, -0.2) is 46.7 Å². The summed E-state index contributed by atoms with van der Waals surface area (Å²) >= 11 is 0. The van der Waals surface area contributed by atoms with E-state index in [1.165, 1.54) is 23.8 Å². The number of nitrogens with one attached hydrogen (secondary N) is 2. The van der Waals surface area contributed by atoms with Gasteiger partial charge in [0, 0.05) is 35.5 Å². The Morgan fingerprint density at radius 1 is 0.943 bits per heavy atom. The molecule has 0 aliphatic rings. The number of hydrogen-bond donors (Lipinski definition) is 4. The summed E-state index contributed by atoms with van der Waals surface area (Å²) in [5, 5.41) is 19.2. The summed E-state index contributed by atoms with van der Waals surface area (Å²) in [6.07, 6.45) is 4.91. The fourth-order valence-corrected chi connectivity index (χ4v) is 3.34. The molecule has 35 heavy (non-hydrogen) atoms. The highest BCUT2D eigenvalue weighted by molar-refractivity contribution is 6.33. The van der Waals surface area contributed by atoms with Crippen molar-refractivity contribution in [2.75, 3.05) is 13.2 Å². The largest absolute Gasteiger partial charge is 0.491 e. The topological polar surface area (TPSA) is 155 Å². The van der Waals surface area contributed by atoms with Crippen LogP contribution in [0.3, 0.4) is 0 Å². The van der Waals surface area contributed by atoms with Crippen LogP contribution in [0.2, 0.25) is 0 Å². The molecule has 3 aromatic rings. The Hall–Kier alpha value is -4.53. The summed E-state index contributed by atoms with van der Waals surface area (Å²) in [5.74, 6) is -2.73. The Labute approximate surface area is 202 Å². The van der Waals surface area contributed by atoms with Gasteiger partial charge in [-0.15, -0.1) is 0 Å². The number of ether oxygens (including phenoxy) is 1. The van der Waals surface area contributed by atoms with Gasteiger partial charge in [0.05, 0.1) is 6.54 Å². The van der Waals surface area contributed by atoms with Crippen LogP contribution in [0, 0.1) is 5.41 Å². The third kappa shape index (κ3) is 7.50. The fraction of sp³-hybridized carbons (Fsp3) is 0.192. The zero-order valence-electron chi connectivity index (χ0n) is 19.0. The highest BCUT2D eigenvalue weighted by Gasteiger charge is 2.16. The van der Waals surface area contributed by atoms with Crippen molar-refractivity contribution in [3.8, 4) is 5.75 Å². The number of ketones is 1. The summed E-state index contributed by atoms with van der Waals surface area (Å²) in [5.41, 5.74) is 9.08. The van der Waals surface area contributed by atoms with Crippen LogP contribution in [0.4, 0.5) is 0 Å². The van der Waals surface area contributed by atoms with Crippen molar-refractivity contribution in [2.45, 2.75) is 19.3 Å². The smallest absolute Gasteiger partial charge is 0.372 e. The van der Waals surface area contributed by atoms with E-state index in [2.05, 4.69) is 10.3 Å². The van der Waals surface area contributed by atoms with E-state index in [1.807, 2.05) is 24.3 Å². The molecule has 0 spiro atoms. The van der Waals surface area contributed by atoms with Crippen LogP contribution in [0.25, 0.3) is 0 Å². The van der Waals surface area contributed by atoms with Gasteiger partial charge in [-0.25, -0.2) is 4.79 Å². The molecule has 5 N–H and O–H groups in total. The van der Waals surface area contributed by atoms with Crippen LogP contribution < -0.4 is 15.8 Å². The van der Waals surface area contributed by atoms with Gasteiger partial charge >= 0.3 is 5.97 Å². The second-order valence-corrected chi connectivity index (χ2v) is 7.80. The molecule has 2 aromatic carbocycles. The van der Waals surface area contributed by atoms with E-state index in [-0.39, 0.29) is 37.1 Å². The van der Waals surface area contributed by atoms with Crippen molar-refractivity contribution < 1.29 is 24.2 Å². The van der Waals surface area contributed by atoms with Gasteiger partial charge in [-0.1, -0.05) is 24.3 Å². The number of aryl methyl sites for hydroxylation is 2. The summed E-state index contributed by atoms with van der Waals surface area (Å²) in [6, 6.07) is 15.8. The number of nitrogens with zero attached hydrogens (tertiary/aromatic N) is 1. The highest BCUT2D eigenvalue weighted by Crippen LogP contribution is 2.21. The van der Waals surface area contributed by atoms with E-state index in [9.17, 15) is 14.4 Å². The molecule has 3 rings (SSSR count). The first-order valence-corrected chi connectivity index (χ1v) is 11.0. The van der Waals surface area contributed by atoms with Gasteiger partial charge in [0.25, 0.3) is 5.91 Å². The van der Waals surface area contributed by atoms with Crippen molar-refractivity contribution in [2.24, 2.45) is 5.73 Å². The van der Waals surface area contributed by atoms with Crippen LogP contribution in [0.1, 0.15) is 32.6 Å². The molecule has 0 bridgehead atoms. The summed E-state index contributed by atoms with van der Waals surface area (Å²) in [6.45, 7) is 0.255. The number of carbonyl (C=O) groups is 3. The molecule has 9 heteroatoms. The lowest BCUT2D eigenvalue weighted by Gasteiger charge is -2.13. The zero-order chi connectivity index (χ0) is 25.2. The lowest BCUT2D eigenvalue weighted by atomic mass is 10.0. The van der Waals surface area contributed by atoms with E-state index in [1.54, 1.807) is 24.5 Å². The van der Waals surface area contributed by atoms with Crippen LogP contribution in [0.5, 0.6) is 5.75 Å². The minimum absolute atomic E-state index is 0.0748. The number of benzene rings is 2. The highest BCUT2D eigenvalue weighted by atomic mass is 16.5. The number of pyridine rings is 1. The van der Waals surface area contributed by atoms with Gasteiger partial charge in [0.15, 0.2) is 0 Å². The van der Waals surface area contributed by atoms with Crippen molar-refractivity contribution in [3.63, 3.8) is 0 Å². The molecule has 0 fully saturated rings. The molecule has 0 saturated heterocycles. The number of amides is 1. The molecular formula is C26H26N4O5. The van der Waals surface area contributed by atoms with Crippen molar-refractivity contribution in [1.29, 1.82) is 5.41 Å². The number of carboxylic acids is 1. The molecule has 0 unspecified atom stereocenters. The number of carboxylic acid groups (broad SMARTS) is 1. The maximum atomic E-state index is 12.4. The summed E-state index contributed by atoms with van der Waals surface area (Å²) < 4.78 is 5.67. The number of nitrogen functional groups attached to an aromatic ring is 1. The third-order valence-electron chi connectivity index (χ3n) is 5.28. The number of hydrogen-bond acceptors (Lipinski definition) is 6. The number of Topliss-reactive ketones (excluding diaryl/α,β-unsaturated/α-hetero) is 1. The average Bonchev–Trinajstić information content (AvgIpc) is 2.86. The Kier molecular flexibility index (Phi) is 8.66. The van der Waals surface area contributed by atoms with E-state index in [4.69, 9.17) is 21.0 Å². The monoisotopic (exact) mass is 474 g/mol. The SMILES string of the molecule is N=C(N)c1ccc(CC(=O)C(=O)O)c(OCCNC(=O)c2ccc(CCc3ccncc3)cc2)c1. The van der Waals surface area contributed by atoms with Crippen LogP contribution >= 0.6 is 0 Å². The Bertz CT molecular complexity index is 1210. The molecule has 1 aromatic heterocycles. The lowest BCUT2D eigenvalue weighted by Crippen LogP contribution is -2.28. The van der Waals surface area contributed by atoms with E-state index in [0.29, 0.717) is 16.7 Å². The van der Waals surface area contributed by atoms with Gasteiger partial charge in [0.1, 0.15) is 18.2 Å². The number of amidine groups is 1. The zero-order valence-corrected chi connectivity index (χ0v) is 19.0. The number of carbonyl (C=O) groups excluding carboxylic acids is 2. The van der Waals surface area contributed by atoms with Gasteiger partial charge in [-0.05, 0) is 54.3 Å². The average molecular weight is 475 g/mol. The summed E-state index contributed by atoms with van der Waals surface area (Å²) in [4.78, 5) is 39.0. The molecule has 0 aliphatic carbocycles. The van der Waals surface area contributed by atoms with E-state index >= 15 is 0 Å². The van der Waals surface area contributed by atoms with Crippen molar-refractivity contribution >= 4 is 23.5 Å². The molecule has 1 amide bonds.